The Morgan fingerprint density at radius 1 is 1.53 bits per heavy atom. The molecule has 1 atom stereocenters. The van der Waals surface area contributed by atoms with E-state index in [2.05, 4.69) is 4.98 Å². The third-order valence-electron chi connectivity index (χ3n) is 3.21. The highest BCUT2D eigenvalue weighted by atomic mass is 35.5. The molecule has 0 bridgehead atoms. The summed E-state index contributed by atoms with van der Waals surface area (Å²) in [5, 5.41) is 8.98. The summed E-state index contributed by atoms with van der Waals surface area (Å²) < 4.78 is 26.1. The number of hydrogen-bond acceptors (Lipinski definition) is 4. The summed E-state index contributed by atoms with van der Waals surface area (Å²) in [6.07, 6.45) is 2.67. The molecule has 106 valence electrons. The minimum atomic E-state index is -3.68. The van der Waals surface area contributed by atoms with Gasteiger partial charge in [0.25, 0.3) is 5.56 Å². The zero-order valence-corrected chi connectivity index (χ0v) is 11.7. The van der Waals surface area contributed by atoms with Gasteiger partial charge in [0.2, 0.25) is 10.0 Å². The van der Waals surface area contributed by atoms with Crippen LogP contribution < -0.4 is 5.56 Å². The van der Waals surface area contributed by atoms with Crippen LogP contribution in [0.5, 0.6) is 0 Å². The molecule has 0 spiro atoms. The van der Waals surface area contributed by atoms with Crippen LogP contribution in [0.4, 0.5) is 0 Å². The van der Waals surface area contributed by atoms with E-state index in [1.165, 1.54) is 4.31 Å². The van der Waals surface area contributed by atoms with Gasteiger partial charge in [-0.05, 0) is 24.8 Å². The van der Waals surface area contributed by atoms with E-state index in [0.717, 1.165) is 18.7 Å². The highest BCUT2D eigenvalue weighted by molar-refractivity contribution is 7.89. The fraction of sp³-hybridized carbons (Fsp3) is 0.545. The Hall–Kier alpha value is -0.890. The van der Waals surface area contributed by atoms with Crippen LogP contribution in [0.2, 0.25) is 5.02 Å². The van der Waals surface area contributed by atoms with Crippen molar-refractivity contribution in [1.82, 2.24) is 9.29 Å². The summed E-state index contributed by atoms with van der Waals surface area (Å²) in [5.41, 5.74) is -0.521. The summed E-state index contributed by atoms with van der Waals surface area (Å²) in [5.74, 6) is -0.0400. The maximum absolute atomic E-state index is 12.4. The SMILES string of the molecule is O=c1[nH]cc(S(=O)(=O)N2CCCC(CO)C2)cc1Cl. The number of aromatic nitrogens is 1. The molecule has 1 fully saturated rings. The second-order valence-corrected chi connectivity index (χ2v) is 6.91. The number of aromatic amines is 1. The van der Waals surface area contributed by atoms with Gasteiger partial charge in [-0.25, -0.2) is 8.42 Å². The first-order valence-electron chi connectivity index (χ1n) is 5.94. The smallest absolute Gasteiger partial charge is 0.266 e. The van der Waals surface area contributed by atoms with Crippen LogP contribution in [0.15, 0.2) is 22.0 Å². The number of piperidine rings is 1. The van der Waals surface area contributed by atoms with Crippen molar-refractivity contribution in [3.8, 4) is 0 Å². The van der Waals surface area contributed by atoms with Gasteiger partial charge >= 0.3 is 0 Å². The predicted molar refractivity (Wildman–Crippen MR) is 70.6 cm³/mol. The molecule has 2 heterocycles. The van der Waals surface area contributed by atoms with Gasteiger partial charge in [-0.2, -0.15) is 4.31 Å². The summed E-state index contributed by atoms with van der Waals surface area (Å²) >= 11 is 5.65. The Balaban J connectivity index is 2.31. The van der Waals surface area contributed by atoms with Crippen LogP contribution in [0.1, 0.15) is 12.8 Å². The van der Waals surface area contributed by atoms with Crippen molar-refractivity contribution in [1.29, 1.82) is 0 Å². The van der Waals surface area contributed by atoms with E-state index in [1.54, 1.807) is 0 Å². The molecule has 0 aliphatic carbocycles. The van der Waals surface area contributed by atoms with E-state index < -0.39 is 15.6 Å². The van der Waals surface area contributed by atoms with Gasteiger partial charge in [-0.1, -0.05) is 11.6 Å². The number of aliphatic hydroxyl groups excluding tert-OH is 1. The number of hydrogen-bond donors (Lipinski definition) is 2. The first-order valence-corrected chi connectivity index (χ1v) is 7.76. The van der Waals surface area contributed by atoms with Gasteiger partial charge < -0.3 is 10.1 Å². The molecule has 1 aromatic rings. The van der Waals surface area contributed by atoms with Crippen molar-refractivity contribution in [2.45, 2.75) is 17.7 Å². The Bertz CT molecular complexity index is 613. The van der Waals surface area contributed by atoms with Crippen LogP contribution in [-0.2, 0) is 10.0 Å². The third kappa shape index (κ3) is 3.00. The average molecular weight is 307 g/mol. The molecule has 1 saturated heterocycles. The number of H-pyrrole nitrogens is 1. The molecule has 19 heavy (non-hydrogen) atoms. The van der Waals surface area contributed by atoms with Crippen LogP contribution in [0.3, 0.4) is 0 Å². The average Bonchev–Trinajstić information content (AvgIpc) is 2.41. The summed E-state index contributed by atoms with van der Waals surface area (Å²) in [7, 11) is -3.68. The van der Waals surface area contributed by atoms with Gasteiger partial charge in [-0.15, -0.1) is 0 Å². The number of aliphatic hydroxyl groups is 1. The summed E-state index contributed by atoms with van der Waals surface area (Å²) in [6, 6.07) is 1.15. The van der Waals surface area contributed by atoms with Crippen molar-refractivity contribution in [2.24, 2.45) is 5.92 Å². The lowest BCUT2D eigenvalue weighted by Crippen LogP contribution is -2.41. The molecule has 0 radical (unpaired) electrons. The number of nitrogens with one attached hydrogen (secondary N) is 1. The zero-order chi connectivity index (χ0) is 14.0. The first kappa shape index (κ1) is 14.5. The van der Waals surface area contributed by atoms with Crippen LogP contribution in [-0.4, -0.2) is 42.5 Å². The lowest BCUT2D eigenvalue weighted by atomic mass is 10.0. The summed E-state index contributed by atoms with van der Waals surface area (Å²) in [6.45, 7) is 0.670. The Morgan fingerprint density at radius 2 is 2.26 bits per heavy atom. The van der Waals surface area contributed by atoms with E-state index in [0.29, 0.717) is 13.0 Å². The maximum Gasteiger partial charge on any atom is 0.266 e. The Kier molecular flexibility index (Phi) is 4.29. The second-order valence-electron chi connectivity index (χ2n) is 4.57. The van der Waals surface area contributed by atoms with Gasteiger partial charge in [0.05, 0.1) is 4.90 Å². The lowest BCUT2D eigenvalue weighted by molar-refractivity contribution is 0.165. The largest absolute Gasteiger partial charge is 0.396 e. The van der Waals surface area contributed by atoms with Gasteiger partial charge in [0.1, 0.15) is 5.02 Å². The van der Waals surface area contributed by atoms with E-state index >= 15 is 0 Å². The molecule has 8 heteroatoms. The van der Waals surface area contributed by atoms with Crippen LogP contribution in [0, 0.1) is 5.92 Å². The van der Waals surface area contributed by atoms with E-state index in [1.807, 2.05) is 0 Å². The minimum Gasteiger partial charge on any atom is -0.396 e. The molecular formula is C11H15ClN2O4S. The van der Waals surface area contributed by atoms with Gasteiger partial charge in [0.15, 0.2) is 0 Å². The number of rotatable bonds is 3. The molecule has 0 amide bonds. The van der Waals surface area contributed by atoms with Gasteiger partial charge in [0, 0.05) is 25.9 Å². The number of nitrogens with zero attached hydrogens (tertiary/aromatic N) is 1. The van der Waals surface area contributed by atoms with E-state index in [-0.39, 0.29) is 29.0 Å². The minimum absolute atomic E-state index is 0.0294. The molecular weight excluding hydrogens is 292 g/mol. The molecule has 1 aliphatic heterocycles. The Morgan fingerprint density at radius 3 is 2.89 bits per heavy atom. The fourth-order valence-electron chi connectivity index (χ4n) is 2.13. The topological polar surface area (TPSA) is 90.5 Å². The molecule has 0 saturated carbocycles. The molecule has 2 N–H and O–H groups in total. The second kappa shape index (κ2) is 5.62. The van der Waals surface area contributed by atoms with Crippen molar-refractivity contribution in [3.05, 3.63) is 27.6 Å². The standard InChI is InChI=1S/C11H15ClN2O4S/c12-10-4-9(5-13-11(10)16)19(17,18)14-3-1-2-8(6-14)7-15/h4-5,8,15H,1-3,6-7H2,(H,13,16). The lowest BCUT2D eigenvalue weighted by Gasteiger charge is -2.30. The highest BCUT2D eigenvalue weighted by Crippen LogP contribution is 2.23. The molecule has 1 unspecified atom stereocenters. The van der Waals surface area contributed by atoms with Crippen LogP contribution in [0.25, 0.3) is 0 Å². The van der Waals surface area contributed by atoms with Gasteiger partial charge in [-0.3, -0.25) is 4.79 Å². The van der Waals surface area contributed by atoms with Crippen molar-refractivity contribution >= 4 is 21.6 Å². The van der Waals surface area contributed by atoms with Crippen molar-refractivity contribution < 1.29 is 13.5 Å². The number of halogens is 1. The fourth-order valence-corrected chi connectivity index (χ4v) is 3.92. The zero-order valence-electron chi connectivity index (χ0n) is 10.2. The molecule has 2 rings (SSSR count). The quantitative estimate of drug-likeness (QED) is 0.847. The van der Waals surface area contributed by atoms with E-state index in [9.17, 15) is 13.2 Å². The first-order chi connectivity index (χ1) is 8.95. The molecule has 6 nitrogen and oxygen atoms in total. The van der Waals surface area contributed by atoms with Crippen molar-refractivity contribution in [3.63, 3.8) is 0 Å². The predicted octanol–water partition coefficient (Wildman–Crippen LogP) is 0.421. The maximum atomic E-state index is 12.4. The monoisotopic (exact) mass is 306 g/mol. The number of pyridine rings is 1. The van der Waals surface area contributed by atoms with E-state index in [4.69, 9.17) is 16.7 Å². The molecule has 1 aromatic heterocycles. The Labute approximate surface area is 116 Å². The normalized spacial score (nSPS) is 21.5. The number of sulfonamides is 1. The molecule has 0 aromatic carbocycles. The van der Waals surface area contributed by atoms with Crippen LogP contribution >= 0.6 is 11.6 Å². The molecule has 1 aliphatic rings. The third-order valence-corrected chi connectivity index (χ3v) is 5.33. The highest BCUT2D eigenvalue weighted by Gasteiger charge is 2.30. The van der Waals surface area contributed by atoms with Crippen molar-refractivity contribution in [2.75, 3.05) is 19.7 Å². The summed E-state index contributed by atoms with van der Waals surface area (Å²) in [4.78, 5) is 13.4.